The summed E-state index contributed by atoms with van der Waals surface area (Å²) >= 11 is 0. The maximum Gasteiger partial charge on any atom is 0.280 e. The van der Waals surface area contributed by atoms with Crippen LogP contribution in [0.4, 0.5) is 4.39 Å². The highest BCUT2D eigenvalue weighted by atomic mass is 19.1. The topological polar surface area (TPSA) is 56.1 Å². The highest BCUT2D eigenvalue weighted by Crippen LogP contribution is 2.26. The first-order valence-electron chi connectivity index (χ1n) is 9.22. The van der Waals surface area contributed by atoms with Gasteiger partial charge in [-0.25, -0.2) is 14.1 Å². The van der Waals surface area contributed by atoms with Crippen LogP contribution in [0.25, 0.3) is 22.3 Å². The van der Waals surface area contributed by atoms with Crippen LogP contribution in [0.5, 0.6) is 5.75 Å². The van der Waals surface area contributed by atoms with Gasteiger partial charge >= 0.3 is 0 Å². The molecule has 6 heteroatoms. The summed E-state index contributed by atoms with van der Waals surface area (Å²) in [4.78, 5) is 17.9. The van der Waals surface area contributed by atoms with Crippen molar-refractivity contribution in [1.29, 1.82) is 0 Å². The second kappa shape index (κ2) is 7.75. The average molecular weight is 389 g/mol. The van der Waals surface area contributed by atoms with Crippen molar-refractivity contribution in [2.45, 2.75) is 13.5 Å². The maximum absolute atomic E-state index is 13.2. The summed E-state index contributed by atoms with van der Waals surface area (Å²) < 4.78 is 20.1. The smallest absolute Gasteiger partial charge is 0.280 e. The number of methoxy groups -OCH3 is 1. The van der Waals surface area contributed by atoms with Crippen molar-refractivity contribution in [3.8, 4) is 17.1 Å². The lowest BCUT2D eigenvalue weighted by Crippen LogP contribution is -2.31. The number of nitrogens with zero attached hydrogens (tertiary/aromatic N) is 2. The monoisotopic (exact) mass is 389 g/mol. The summed E-state index contributed by atoms with van der Waals surface area (Å²) in [5.74, 6) is 0.898. The summed E-state index contributed by atoms with van der Waals surface area (Å²) in [5, 5.41) is 0.516. The Hall–Kier alpha value is -3.67. The lowest BCUT2D eigenvalue weighted by molar-refractivity contribution is 0.412. The van der Waals surface area contributed by atoms with E-state index < -0.39 is 0 Å². The molecule has 3 aromatic carbocycles. The molecular formula is C23H20FN3O2. The predicted molar refractivity (Wildman–Crippen MR) is 112 cm³/mol. The first-order chi connectivity index (χ1) is 14.1. The highest BCUT2D eigenvalue weighted by molar-refractivity contribution is 5.80. The number of halogens is 1. The molecule has 0 aliphatic rings. The van der Waals surface area contributed by atoms with Crippen LogP contribution in [0.1, 0.15) is 11.1 Å². The number of aryl methyl sites for hydroxylation is 1. The molecule has 1 aromatic heterocycles. The largest absolute Gasteiger partial charge is 0.496 e. The third-order valence-corrected chi connectivity index (χ3v) is 4.80. The van der Waals surface area contributed by atoms with Crippen LogP contribution < -0.4 is 15.7 Å². The van der Waals surface area contributed by atoms with Crippen molar-refractivity contribution in [3.63, 3.8) is 0 Å². The molecule has 0 fully saturated rings. The Labute approximate surface area is 167 Å². The van der Waals surface area contributed by atoms with Crippen molar-refractivity contribution in [3.05, 3.63) is 94.0 Å². The predicted octanol–water partition coefficient (Wildman–Crippen LogP) is 4.26. The van der Waals surface area contributed by atoms with Gasteiger partial charge in [0.1, 0.15) is 11.6 Å². The van der Waals surface area contributed by atoms with Gasteiger partial charge in [-0.1, -0.05) is 36.4 Å². The number of ether oxygens (including phenoxy) is 1. The fourth-order valence-corrected chi connectivity index (χ4v) is 3.20. The second-order valence-electron chi connectivity index (χ2n) is 6.74. The lowest BCUT2D eigenvalue weighted by Gasteiger charge is -2.16. The second-order valence-corrected chi connectivity index (χ2v) is 6.74. The zero-order valence-corrected chi connectivity index (χ0v) is 16.1. The van der Waals surface area contributed by atoms with Gasteiger partial charge < -0.3 is 10.2 Å². The first-order valence-corrected chi connectivity index (χ1v) is 9.22. The van der Waals surface area contributed by atoms with Gasteiger partial charge in [0.2, 0.25) is 0 Å². The molecule has 0 saturated carbocycles. The third kappa shape index (κ3) is 3.69. The number of benzene rings is 3. The number of aromatic nitrogens is 2. The van der Waals surface area contributed by atoms with Crippen LogP contribution >= 0.6 is 0 Å². The van der Waals surface area contributed by atoms with E-state index in [2.05, 4.69) is 5.43 Å². The first kappa shape index (κ1) is 18.7. The third-order valence-electron chi connectivity index (χ3n) is 4.80. The van der Waals surface area contributed by atoms with Crippen molar-refractivity contribution in [1.82, 2.24) is 9.66 Å². The SMILES string of the molecule is COc1cc(-c2nc3ccccc3c(=O)n2NCc2ccc(F)cc2)ccc1C. The van der Waals surface area contributed by atoms with Gasteiger partial charge in [0.15, 0.2) is 5.82 Å². The zero-order chi connectivity index (χ0) is 20.4. The molecule has 4 aromatic rings. The van der Waals surface area contributed by atoms with Crippen molar-refractivity contribution >= 4 is 10.9 Å². The van der Waals surface area contributed by atoms with E-state index in [-0.39, 0.29) is 11.4 Å². The molecule has 146 valence electrons. The van der Waals surface area contributed by atoms with Crippen LogP contribution in [0.3, 0.4) is 0 Å². The lowest BCUT2D eigenvalue weighted by atomic mass is 10.1. The molecule has 0 unspecified atom stereocenters. The van der Waals surface area contributed by atoms with Gasteiger partial charge in [0, 0.05) is 5.56 Å². The Balaban J connectivity index is 1.84. The zero-order valence-electron chi connectivity index (χ0n) is 16.1. The number of hydrogen-bond donors (Lipinski definition) is 1. The molecular weight excluding hydrogens is 369 g/mol. The fraction of sp³-hybridized carbons (Fsp3) is 0.130. The average Bonchev–Trinajstić information content (AvgIpc) is 2.74. The quantitative estimate of drug-likeness (QED) is 0.554. The minimum absolute atomic E-state index is 0.202. The van der Waals surface area contributed by atoms with E-state index in [0.29, 0.717) is 23.3 Å². The van der Waals surface area contributed by atoms with Crippen molar-refractivity contribution in [2.75, 3.05) is 12.5 Å². The molecule has 5 nitrogen and oxygen atoms in total. The molecule has 1 N–H and O–H groups in total. The molecule has 0 aliphatic heterocycles. The number of nitrogens with one attached hydrogen (secondary N) is 1. The van der Waals surface area contributed by atoms with Crippen LogP contribution in [0.15, 0.2) is 71.5 Å². The molecule has 0 saturated heterocycles. The number of rotatable bonds is 5. The molecule has 0 aliphatic carbocycles. The van der Waals surface area contributed by atoms with Gasteiger partial charge in [0.25, 0.3) is 5.56 Å². The van der Waals surface area contributed by atoms with Gasteiger partial charge in [0.05, 0.1) is 24.6 Å². The molecule has 29 heavy (non-hydrogen) atoms. The Kier molecular flexibility index (Phi) is 4.99. The summed E-state index contributed by atoms with van der Waals surface area (Å²) in [6, 6.07) is 19.1. The van der Waals surface area contributed by atoms with Crippen molar-refractivity contribution in [2.24, 2.45) is 0 Å². The molecule has 1 heterocycles. The molecule has 4 rings (SSSR count). The molecule has 0 spiro atoms. The highest BCUT2D eigenvalue weighted by Gasteiger charge is 2.14. The van der Waals surface area contributed by atoms with E-state index in [4.69, 9.17) is 9.72 Å². The summed E-state index contributed by atoms with van der Waals surface area (Å²) in [5.41, 5.74) is 6.14. The van der Waals surface area contributed by atoms with Crippen LogP contribution in [-0.4, -0.2) is 16.8 Å². The number of para-hydroxylation sites is 1. The van der Waals surface area contributed by atoms with E-state index in [0.717, 1.165) is 22.4 Å². The van der Waals surface area contributed by atoms with Crippen LogP contribution in [0, 0.1) is 12.7 Å². The standard InChI is InChI=1S/C23H20FN3O2/c1-15-7-10-17(13-21(15)29-2)22-26-20-6-4-3-5-19(20)23(28)27(22)25-14-16-8-11-18(24)12-9-16/h3-13,25H,14H2,1-2H3. The van der Waals surface area contributed by atoms with Crippen molar-refractivity contribution < 1.29 is 9.13 Å². The normalized spacial score (nSPS) is 10.9. The molecule has 0 bridgehead atoms. The van der Waals surface area contributed by atoms with Gasteiger partial charge in [-0.15, -0.1) is 0 Å². The Morgan fingerprint density at radius 2 is 1.83 bits per heavy atom. The molecule has 0 atom stereocenters. The summed E-state index contributed by atoms with van der Waals surface area (Å²) in [6.45, 7) is 2.30. The Bertz CT molecular complexity index is 1230. The maximum atomic E-state index is 13.2. The van der Waals surface area contributed by atoms with E-state index in [1.165, 1.54) is 16.8 Å². The van der Waals surface area contributed by atoms with Crippen LogP contribution in [-0.2, 0) is 6.54 Å². The summed E-state index contributed by atoms with van der Waals surface area (Å²) in [7, 11) is 1.61. The Morgan fingerprint density at radius 1 is 1.07 bits per heavy atom. The Morgan fingerprint density at radius 3 is 2.59 bits per heavy atom. The van der Waals surface area contributed by atoms with E-state index in [1.807, 2.05) is 43.3 Å². The fourth-order valence-electron chi connectivity index (χ4n) is 3.20. The van der Waals surface area contributed by atoms with Gasteiger partial charge in [-0.05, 0) is 48.4 Å². The molecule has 0 radical (unpaired) electrons. The van der Waals surface area contributed by atoms with Crippen LogP contribution in [0.2, 0.25) is 0 Å². The van der Waals surface area contributed by atoms with E-state index in [1.54, 1.807) is 25.3 Å². The van der Waals surface area contributed by atoms with Gasteiger partial charge in [-0.2, -0.15) is 0 Å². The van der Waals surface area contributed by atoms with E-state index in [9.17, 15) is 9.18 Å². The minimum Gasteiger partial charge on any atom is -0.496 e. The van der Waals surface area contributed by atoms with E-state index >= 15 is 0 Å². The summed E-state index contributed by atoms with van der Waals surface area (Å²) in [6.07, 6.45) is 0. The van der Waals surface area contributed by atoms with Gasteiger partial charge in [-0.3, -0.25) is 4.79 Å². The minimum atomic E-state index is -0.300. The number of fused-ring (bicyclic) bond motifs is 1. The number of hydrogen-bond acceptors (Lipinski definition) is 4. The molecule has 0 amide bonds.